The average molecular weight is 344 g/mol. The summed E-state index contributed by atoms with van der Waals surface area (Å²) in [6.07, 6.45) is 3.82. The normalized spacial score (nSPS) is 22.8. The van der Waals surface area contributed by atoms with Crippen LogP contribution in [0.15, 0.2) is 24.3 Å². The van der Waals surface area contributed by atoms with E-state index in [1.165, 1.54) is 11.1 Å². The van der Waals surface area contributed by atoms with Crippen molar-refractivity contribution in [2.75, 3.05) is 33.3 Å². The average Bonchev–Trinajstić information content (AvgIpc) is 3.06. The second-order valence-corrected chi connectivity index (χ2v) is 7.10. The molecule has 136 valence electrons. The second-order valence-electron chi connectivity index (χ2n) is 7.10. The van der Waals surface area contributed by atoms with Crippen LogP contribution in [0, 0.1) is 5.92 Å². The molecule has 3 rings (SSSR count). The lowest BCUT2D eigenvalue weighted by atomic mass is 9.98. The van der Waals surface area contributed by atoms with Crippen molar-refractivity contribution < 1.29 is 14.3 Å². The van der Waals surface area contributed by atoms with Crippen LogP contribution in [0.5, 0.6) is 0 Å². The Kier molecular flexibility index (Phi) is 5.74. The summed E-state index contributed by atoms with van der Waals surface area (Å²) in [4.78, 5) is 28.7. The first kappa shape index (κ1) is 17.9. The fraction of sp³-hybridized carbons (Fsp3) is 0.600. The van der Waals surface area contributed by atoms with Gasteiger partial charge in [-0.2, -0.15) is 0 Å². The molecular weight excluding hydrogens is 316 g/mol. The summed E-state index contributed by atoms with van der Waals surface area (Å²) in [7, 11) is 2.03. The van der Waals surface area contributed by atoms with Crippen molar-refractivity contribution in [2.24, 2.45) is 5.92 Å². The quantitative estimate of drug-likeness (QED) is 0.770. The first-order valence-electron chi connectivity index (χ1n) is 9.32. The smallest absolute Gasteiger partial charge is 0.310 e. The maximum atomic E-state index is 12.7. The van der Waals surface area contributed by atoms with E-state index in [1.807, 2.05) is 18.9 Å². The first-order chi connectivity index (χ1) is 12.1. The Labute approximate surface area is 149 Å². The number of hydrogen-bond acceptors (Lipinski definition) is 4. The van der Waals surface area contributed by atoms with Crippen molar-refractivity contribution in [3.05, 3.63) is 35.4 Å². The number of likely N-dealkylation sites (tertiary alicyclic amines) is 1. The zero-order chi connectivity index (χ0) is 17.8. The molecule has 1 fully saturated rings. The highest BCUT2D eigenvalue weighted by molar-refractivity contribution is 5.80. The number of esters is 1. The number of hydrogen-bond donors (Lipinski definition) is 0. The van der Waals surface area contributed by atoms with Crippen LogP contribution >= 0.6 is 0 Å². The van der Waals surface area contributed by atoms with Gasteiger partial charge in [0.15, 0.2) is 0 Å². The molecule has 0 aromatic heterocycles. The maximum absolute atomic E-state index is 12.7. The molecule has 2 atom stereocenters. The summed E-state index contributed by atoms with van der Waals surface area (Å²) < 4.78 is 5.12. The predicted molar refractivity (Wildman–Crippen MR) is 96.1 cm³/mol. The molecule has 25 heavy (non-hydrogen) atoms. The molecule has 2 aliphatic rings. The van der Waals surface area contributed by atoms with Gasteiger partial charge in [-0.25, -0.2) is 0 Å². The van der Waals surface area contributed by atoms with Gasteiger partial charge in [-0.3, -0.25) is 14.5 Å². The van der Waals surface area contributed by atoms with Crippen LogP contribution in [-0.2, 0) is 20.7 Å². The highest BCUT2D eigenvalue weighted by Gasteiger charge is 2.31. The number of carbonyl (C=O) groups excluding carboxylic acids is 2. The number of rotatable bonds is 5. The molecule has 1 aromatic carbocycles. The summed E-state index contributed by atoms with van der Waals surface area (Å²) in [5.41, 5.74) is 2.74. The molecule has 1 amide bonds. The molecule has 1 saturated heterocycles. The van der Waals surface area contributed by atoms with Gasteiger partial charge in [0.25, 0.3) is 0 Å². The summed E-state index contributed by atoms with van der Waals surface area (Å²) in [5, 5.41) is 0. The van der Waals surface area contributed by atoms with Crippen molar-refractivity contribution in [1.82, 2.24) is 9.80 Å². The minimum atomic E-state index is -0.171. The summed E-state index contributed by atoms with van der Waals surface area (Å²) in [6, 6.07) is 8.81. The van der Waals surface area contributed by atoms with E-state index in [-0.39, 0.29) is 17.8 Å². The predicted octanol–water partition coefficient (Wildman–Crippen LogP) is 2.41. The molecule has 0 N–H and O–H groups in total. The van der Waals surface area contributed by atoms with E-state index < -0.39 is 0 Å². The van der Waals surface area contributed by atoms with Gasteiger partial charge in [0.1, 0.15) is 0 Å². The van der Waals surface area contributed by atoms with Crippen molar-refractivity contribution in [1.29, 1.82) is 0 Å². The number of aryl methyl sites for hydroxylation is 1. The molecule has 0 saturated carbocycles. The molecule has 5 heteroatoms. The molecule has 1 aromatic rings. The monoisotopic (exact) mass is 344 g/mol. The van der Waals surface area contributed by atoms with Crippen LogP contribution < -0.4 is 0 Å². The number of benzene rings is 1. The fourth-order valence-corrected chi connectivity index (χ4v) is 4.07. The lowest BCUT2D eigenvalue weighted by Gasteiger charge is -2.34. The Hall–Kier alpha value is -1.88. The molecular formula is C20H28N2O3. The Morgan fingerprint density at radius 1 is 1.28 bits per heavy atom. The maximum Gasteiger partial charge on any atom is 0.310 e. The summed E-state index contributed by atoms with van der Waals surface area (Å²) in [6.45, 7) is 3.84. The Morgan fingerprint density at radius 3 is 2.88 bits per heavy atom. The van der Waals surface area contributed by atoms with Crippen LogP contribution in [0.3, 0.4) is 0 Å². The number of ether oxygens (including phenoxy) is 1. The Morgan fingerprint density at radius 2 is 2.08 bits per heavy atom. The van der Waals surface area contributed by atoms with Crippen LogP contribution in [-0.4, -0.2) is 55.0 Å². The van der Waals surface area contributed by atoms with E-state index in [0.717, 1.165) is 32.2 Å². The van der Waals surface area contributed by atoms with Crippen LogP contribution in [0.4, 0.5) is 0 Å². The van der Waals surface area contributed by atoms with Crippen molar-refractivity contribution in [2.45, 2.75) is 38.6 Å². The highest BCUT2D eigenvalue weighted by atomic mass is 16.5. The number of likely N-dealkylation sites (N-methyl/N-ethyl adjacent to an activating group) is 1. The first-order valence-corrected chi connectivity index (χ1v) is 9.32. The third kappa shape index (κ3) is 4.03. The Bertz CT molecular complexity index is 631. The third-order valence-electron chi connectivity index (χ3n) is 5.41. The van der Waals surface area contributed by atoms with Gasteiger partial charge < -0.3 is 9.64 Å². The molecule has 1 aliphatic heterocycles. The highest BCUT2D eigenvalue weighted by Crippen LogP contribution is 2.34. The number of amides is 1. The standard InChI is InChI=1S/C20H28N2O3/c1-3-25-20(24)16-8-6-12-22(13-16)19(23)14-21(2)18-11-10-15-7-4-5-9-17(15)18/h4-5,7,9,16,18H,3,6,8,10-14H2,1-2H3. The van der Waals surface area contributed by atoms with Crippen molar-refractivity contribution >= 4 is 11.9 Å². The number of carbonyl (C=O) groups is 2. The van der Waals surface area contributed by atoms with Gasteiger partial charge in [0, 0.05) is 19.1 Å². The van der Waals surface area contributed by atoms with Gasteiger partial charge in [0.05, 0.1) is 19.1 Å². The minimum absolute atomic E-state index is 0.112. The van der Waals surface area contributed by atoms with E-state index in [4.69, 9.17) is 4.74 Å². The summed E-state index contributed by atoms with van der Waals surface area (Å²) in [5.74, 6) is -0.228. The van der Waals surface area contributed by atoms with E-state index in [0.29, 0.717) is 25.7 Å². The number of nitrogens with zero attached hydrogens (tertiary/aromatic N) is 2. The van der Waals surface area contributed by atoms with Crippen LogP contribution in [0.2, 0.25) is 0 Å². The van der Waals surface area contributed by atoms with Gasteiger partial charge in [-0.15, -0.1) is 0 Å². The number of piperidine rings is 1. The molecule has 0 bridgehead atoms. The van der Waals surface area contributed by atoms with Crippen LogP contribution in [0.1, 0.15) is 43.4 Å². The lowest BCUT2D eigenvalue weighted by Crippen LogP contribution is -2.46. The van der Waals surface area contributed by atoms with Gasteiger partial charge in [0.2, 0.25) is 5.91 Å². The lowest BCUT2D eigenvalue weighted by molar-refractivity contribution is -0.151. The third-order valence-corrected chi connectivity index (χ3v) is 5.41. The largest absolute Gasteiger partial charge is 0.466 e. The molecule has 1 aliphatic carbocycles. The van der Waals surface area contributed by atoms with Gasteiger partial charge in [-0.1, -0.05) is 24.3 Å². The van der Waals surface area contributed by atoms with Crippen molar-refractivity contribution in [3.63, 3.8) is 0 Å². The molecule has 2 unspecified atom stereocenters. The fourth-order valence-electron chi connectivity index (χ4n) is 4.07. The van der Waals surface area contributed by atoms with Crippen molar-refractivity contribution in [3.8, 4) is 0 Å². The molecule has 0 spiro atoms. The zero-order valence-corrected chi connectivity index (χ0v) is 15.2. The van der Waals surface area contributed by atoms with E-state index in [2.05, 4.69) is 29.2 Å². The van der Waals surface area contributed by atoms with Gasteiger partial charge in [-0.05, 0) is 50.8 Å². The number of fused-ring (bicyclic) bond motifs is 1. The molecule has 5 nitrogen and oxygen atoms in total. The van der Waals surface area contributed by atoms with E-state index in [1.54, 1.807) is 0 Å². The molecule has 1 heterocycles. The Balaban J connectivity index is 1.58. The summed E-state index contributed by atoms with van der Waals surface area (Å²) >= 11 is 0. The second kappa shape index (κ2) is 8.00. The molecule has 0 radical (unpaired) electrons. The van der Waals surface area contributed by atoms with E-state index >= 15 is 0 Å². The minimum Gasteiger partial charge on any atom is -0.466 e. The van der Waals surface area contributed by atoms with E-state index in [9.17, 15) is 9.59 Å². The van der Waals surface area contributed by atoms with Gasteiger partial charge >= 0.3 is 5.97 Å². The SMILES string of the molecule is CCOC(=O)C1CCCN(C(=O)CN(C)C2CCc3ccccc32)C1. The zero-order valence-electron chi connectivity index (χ0n) is 15.2. The topological polar surface area (TPSA) is 49.9 Å². The van der Waals surface area contributed by atoms with Crippen LogP contribution in [0.25, 0.3) is 0 Å².